The Bertz CT molecular complexity index is 1020. The minimum Gasteiger partial charge on any atom is -0.363 e. The molecule has 0 unspecified atom stereocenters. The third-order valence-corrected chi connectivity index (χ3v) is 6.06. The van der Waals surface area contributed by atoms with Crippen LogP contribution in [0.5, 0.6) is 0 Å². The number of pyridine rings is 1. The molecule has 156 valence electrons. The van der Waals surface area contributed by atoms with Gasteiger partial charge in [0.15, 0.2) is 5.65 Å². The van der Waals surface area contributed by atoms with Crippen LogP contribution in [-0.4, -0.2) is 46.8 Å². The van der Waals surface area contributed by atoms with Gasteiger partial charge in [-0.05, 0) is 61.2 Å². The zero-order valence-corrected chi connectivity index (χ0v) is 20.1. The smallest absolute Gasteiger partial charge is 0.165 e. The zero-order chi connectivity index (χ0) is 21.3. The van der Waals surface area contributed by atoms with Crippen molar-refractivity contribution in [3.63, 3.8) is 0 Å². The summed E-state index contributed by atoms with van der Waals surface area (Å²) >= 11 is 3.79. The fraction of sp³-hybridized carbons (Fsp3) is 0.500. The van der Waals surface area contributed by atoms with Gasteiger partial charge >= 0.3 is 0 Å². The molecule has 29 heavy (non-hydrogen) atoms. The Kier molecular flexibility index (Phi) is 6.46. The highest BCUT2D eigenvalue weighted by atomic mass is 79.9. The molecule has 0 saturated heterocycles. The van der Waals surface area contributed by atoms with E-state index in [1.807, 2.05) is 29.7 Å². The maximum atomic E-state index is 4.92. The van der Waals surface area contributed by atoms with Gasteiger partial charge in [-0.1, -0.05) is 13.8 Å². The van der Waals surface area contributed by atoms with Gasteiger partial charge < -0.3 is 9.80 Å². The lowest BCUT2D eigenvalue weighted by Gasteiger charge is -2.26. The SMILES string of the molecule is CCCN(CCC)c1c(Br)c(C)nc2c(-c3cnc(N(C)C)cc3C)c(C)nn12. The first-order chi connectivity index (χ1) is 13.8. The monoisotopic (exact) mass is 458 g/mol. The van der Waals surface area contributed by atoms with E-state index in [1.165, 1.54) is 5.56 Å². The second-order valence-corrected chi connectivity index (χ2v) is 8.56. The van der Waals surface area contributed by atoms with Gasteiger partial charge in [0.25, 0.3) is 0 Å². The van der Waals surface area contributed by atoms with Crippen molar-refractivity contribution < 1.29 is 0 Å². The lowest BCUT2D eigenvalue weighted by molar-refractivity contribution is 0.710. The molecule has 0 amide bonds. The van der Waals surface area contributed by atoms with Crippen LogP contribution in [0.1, 0.15) is 43.6 Å². The van der Waals surface area contributed by atoms with Gasteiger partial charge in [0.2, 0.25) is 0 Å². The van der Waals surface area contributed by atoms with E-state index in [0.29, 0.717) is 0 Å². The minimum atomic E-state index is 0.887. The quantitative estimate of drug-likeness (QED) is 0.488. The third kappa shape index (κ3) is 3.97. The first kappa shape index (κ1) is 21.6. The van der Waals surface area contributed by atoms with Gasteiger partial charge in [-0.3, -0.25) is 0 Å². The molecule has 0 aromatic carbocycles. The van der Waals surface area contributed by atoms with E-state index in [9.17, 15) is 0 Å². The Hall–Kier alpha value is -2.15. The maximum Gasteiger partial charge on any atom is 0.165 e. The van der Waals surface area contributed by atoms with Crippen LogP contribution in [0.3, 0.4) is 0 Å². The lowest BCUT2D eigenvalue weighted by Crippen LogP contribution is -2.28. The topological polar surface area (TPSA) is 49.6 Å². The highest BCUT2D eigenvalue weighted by Crippen LogP contribution is 2.36. The van der Waals surface area contributed by atoms with E-state index in [2.05, 4.69) is 66.5 Å². The number of hydrogen-bond acceptors (Lipinski definition) is 5. The zero-order valence-electron chi connectivity index (χ0n) is 18.5. The largest absolute Gasteiger partial charge is 0.363 e. The molecule has 6 nitrogen and oxygen atoms in total. The summed E-state index contributed by atoms with van der Waals surface area (Å²) in [7, 11) is 4.01. The number of halogens is 1. The fourth-order valence-electron chi connectivity index (χ4n) is 3.73. The van der Waals surface area contributed by atoms with E-state index in [-0.39, 0.29) is 0 Å². The van der Waals surface area contributed by atoms with Crippen LogP contribution >= 0.6 is 15.9 Å². The molecule has 3 aromatic rings. The summed E-state index contributed by atoms with van der Waals surface area (Å²) in [6.07, 6.45) is 4.11. The first-order valence-electron chi connectivity index (χ1n) is 10.2. The van der Waals surface area contributed by atoms with Crippen molar-refractivity contribution in [1.82, 2.24) is 19.6 Å². The first-order valence-corrected chi connectivity index (χ1v) is 11.0. The second-order valence-electron chi connectivity index (χ2n) is 7.77. The number of nitrogens with zero attached hydrogens (tertiary/aromatic N) is 6. The molecule has 0 saturated carbocycles. The molecule has 3 aromatic heterocycles. The number of fused-ring (bicyclic) bond motifs is 1. The molecule has 0 radical (unpaired) electrons. The van der Waals surface area contributed by atoms with Crippen LogP contribution in [0.4, 0.5) is 11.6 Å². The molecule has 3 rings (SSSR count). The van der Waals surface area contributed by atoms with Gasteiger partial charge in [-0.2, -0.15) is 9.61 Å². The Morgan fingerprint density at radius 2 is 1.69 bits per heavy atom. The van der Waals surface area contributed by atoms with Crippen LogP contribution in [0, 0.1) is 20.8 Å². The van der Waals surface area contributed by atoms with Crippen molar-refractivity contribution in [3.8, 4) is 11.1 Å². The molecule has 0 aliphatic carbocycles. The van der Waals surface area contributed by atoms with Gasteiger partial charge in [0, 0.05) is 38.9 Å². The summed E-state index contributed by atoms with van der Waals surface area (Å²) in [5, 5.41) is 4.92. The molecule has 3 heterocycles. The molecule has 0 aliphatic heterocycles. The Morgan fingerprint density at radius 1 is 1.03 bits per heavy atom. The number of rotatable bonds is 7. The molecule has 0 N–H and O–H groups in total. The van der Waals surface area contributed by atoms with E-state index < -0.39 is 0 Å². The summed E-state index contributed by atoms with van der Waals surface area (Å²) < 4.78 is 3.02. The average Bonchev–Trinajstić information content (AvgIpc) is 2.98. The number of aryl methyl sites for hydroxylation is 3. The van der Waals surface area contributed by atoms with Gasteiger partial charge in [0.05, 0.1) is 21.4 Å². The fourth-order valence-corrected chi connectivity index (χ4v) is 4.24. The Morgan fingerprint density at radius 3 is 2.24 bits per heavy atom. The van der Waals surface area contributed by atoms with Crippen molar-refractivity contribution in [3.05, 3.63) is 33.7 Å². The lowest BCUT2D eigenvalue weighted by atomic mass is 10.0. The molecular weight excluding hydrogens is 428 g/mol. The molecule has 0 aliphatic rings. The van der Waals surface area contributed by atoms with Crippen LogP contribution in [-0.2, 0) is 0 Å². The minimum absolute atomic E-state index is 0.887. The molecule has 0 bridgehead atoms. The molecule has 0 fully saturated rings. The highest BCUT2D eigenvalue weighted by Gasteiger charge is 2.23. The van der Waals surface area contributed by atoms with Gasteiger partial charge in [-0.25, -0.2) is 9.97 Å². The summed E-state index contributed by atoms with van der Waals surface area (Å²) in [6.45, 7) is 12.6. The maximum absolute atomic E-state index is 4.92. The Labute approximate surface area is 182 Å². The number of hydrogen-bond donors (Lipinski definition) is 0. The summed E-state index contributed by atoms with van der Waals surface area (Å²) in [6, 6.07) is 2.12. The van der Waals surface area contributed by atoms with E-state index >= 15 is 0 Å². The van der Waals surface area contributed by atoms with E-state index in [1.54, 1.807) is 0 Å². The van der Waals surface area contributed by atoms with Crippen molar-refractivity contribution in [1.29, 1.82) is 0 Å². The van der Waals surface area contributed by atoms with Crippen LogP contribution in [0.2, 0.25) is 0 Å². The predicted octanol–water partition coefficient (Wildman–Crippen LogP) is 5.17. The van der Waals surface area contributed by atoms with Gasteiger partial charge in [-0.15, -0.1) is 0 Å². The Balaban J connectivity index is 2.28. The average molecular weight is 459 g/mol. The third-order valence-electron chi connectivity index (χ3n) is 5.13. The van der Waals surface area contributed by atoms with Crippen LogP contribution in [0.15, 0.2) is 16.7 Å². The molecule has 0 spiro atoms. The summed E-state index contributed by atoms with van der Waals surface area (Å²) in [5.41, 5.74) is 6.14. The van der Waals surface area contributed by atoms with Crippen molar-refractivity contribution in [2.24, 2.45) is 0 Å². The van der Waals surface area contributed by atoms with Crippen LogP contribution in [0.25, 0.3) is 16.8 Å². The highest BCUT2D eigenvalue weighted by molar-refractivity contribution is 9.10. The second kappa shape index (κ2) is 8.69. The number of anilines is 2. The summed E-state index contributed by atoms with van der Waals surface area (Å²) in [5.74, 6) is 2.03. The molecular formula is C22H31BrN6. The standard InChI is InChI=1S/C22H31BrN6/c1-8-10-28(11-9-2)22-20(23)16(5)25-21-19(15(4)26-29(21)22)17-13-24-18(27(6)7)12-14(17)3/h12-13H,8-11H2,1-7H3. The molecule has 7 heteroatoms. The number of aromatic nitrogens is 4. The van der Waals surface area contributed by atoms with E-state index in [0.717, 1.165) is 70.2 Å². The van der Waals surface area contributed by atoms with Crippen molar-refractivity contribution >= 4 is 33.2 Å². The van der Waals surface area contributed by atoms with E-state index in [4.69, 9.17) is 10.1 Å². The van der Waals surface area contributed by atoms with Crippen molar-refractivity contribution in [2.75, 3.05) is 37.0 Å². The molecule has 0 atom stereocenters. The summed E-state index contributed by atoms with van der Waals surface area (Å²) in [4.78, 5) is 14.0. The predicted molar refractivity (Wildman–Crippen MR) is 125 cm³/mol. The van der Waals surface area contributed by atoms with Crippen molar-refractivity contribution in [2.45, 2.75) is 47.5 Å². The van der Waals surface area contributed by atoms with Crippen LogP contribution < -0.4 is 9.80 Å². The van der Waals surface area contributed by atoms with Gasteiger partial charge in [0.1, 0.15) is 11.6 Å². The normalized spacial score (nSPS) is 11.3.